The minimum Gasteiger partial charge on any atom is -0.455 e. The zero-order valence-corrected chi connectivity index (χ0v) is 32.1. The first-order valence-corrected chi connectivity index (χ1v) is 19.7. The number of furan rings is 1. The van der Waals surface area contributed by atoms with Crippen LogP contribution in [0.15, 0.2) is 186 Å². The Hall–Kier alpha value is -7.63. The van der Waals surface area contributed by atoms with E-state index in [0.717, 1.165) is 44.0 Å². The van der Waals surface area contributed by atoms with Crippen LogP contribution in [0.25, 0.3) is 106 Å². The minimum absolute atomic E-state index is 0.0651. The predicted molar refractivity (Wildman–Crippen MR) is 241 cm³/mol. The molecule has 1 aliphatic rings. The van der Waals surface area contributed by atoms with Gasteiger partial charge >= 0.3 is 0 Å². The fraction of sp³-hybridized carbons (Fsp3) is 0.0556. The van der Waals surface area contributed by atoms with E-state index in [0.29, 0.717) is 45.2 Å². The molecule has 0 bridgehead atoms. The van der Waals surface area contributed by atoms with Crippen molar-refractivity contribution in [1.29, 1.82) is 0 Å². The van der Waals surface area contributed by atoms with Gasteiger partial charge in [-0.2, -0.15) is 0 Å². The fourth-order valence-electron chi connectivity index (χ4n) is 9.15. The molecule has 0 saturated carbocycles. The van der Waals surface area contributed by atoms with Gasteiger partial charge in [0.2, 0.25) is 0 Å². The van der Waals surface area contributed by atoms with E-state index in [4.69, 9.17) is 26.2 Å². The van der Waals surface area contributed by atoms with E-state index in [9.17, 15) is 0 Å². The average molecular weight is 762 g/mol. The third-order valence-corrected chi connectivity index (χ3v) is 11.9. The molecule has 0 fully saturated rings. The Bertz CT molecular complexity index is 3700. The number of para-hydroxylation sites is 3. The highest BCUT2D eigenvalue weighted by Gasteiger charge is 2.35. The molecule has 59 heavy (non-hydrogen) atoms. The van der Waals surface area contributed by atoms with Crippen LogP contribution >= 0.6 is 0 Å². The maximum absolute atomic E-state index is 8.92. The molecule has 8 aromatic carbocycles. The molecule has 278 valence electrons. The molecule has 3 heterocycles. The fourth-order valence-corrected chi connectivity index (χ4v) is 9.15. The van der Waals surface area contributed by atoms with Gasteiger partial charge in [-0.05, 0) is 58.1 Å². The molecule has 0 saturated heterocycles. The van der Waals surface area contributed by atoms with Crippen LogP contribution in [-0.4, -0.2) is 19.5 Å². The molecule has 0 amide bonds. The third-order valence-electron chi connectivity index (χ3n) is 11.9. The summed E-state index contributed by atoms with van der Waals surface area (Å²) in [6.45, 7) is 4.51. The predicted octanol–water partition coefficient (Wildman–Crippen LogP) is 13.8. The summed E-state index contributed by atoms with van der Waals surface area (Å²) in [7, 11) is 0. The summed E-state index contributed by atoms with van der Waals surface area (Å²) >= 11 is 0. The topological polar surface area (TPSA) is 56.7 Å². The molecule has 11 aromatic rings. The molecule has 1 aliphatic carbocycles. The molecule has 5 nitrogen and oxygen atoms in total. The summed E-state index contributed by atoms with van der Waals surface area (Å²) in [4.78, 5) is 15.7. The van der Waals surface area contributed by atoms with Gasteiger partial charge in [-0.15, -0.1) is 0 Å². The molecule has 0 atom stereocenters. The highest BCUT2D eigenvalue weighted by atomic mass is 16.3. The van der Waals surface area contributed by atoms with Crippen molar-refractivity contribution in [2.45, 2.75) is 19.3 Å². The van der Waals surface area contributed by atoms with Gasteiger partial charge in [0.15, 0.2) is 17.5 Å². The van der Waals surface area contributed by atoms with Gasteiger partial charge in [-0.1, -0.05) is 165 Å². The Labute approximate surface area is 347 Å². The number of nitrogens with zero attached hydrogens (tertiary/aromatic N) is 4. The van der Waals surface area contributed by atoms with Gasteiger partial charge in [0.25, 0.3) is 0 Å². The molecule has 0 spiro atoms. The average Bonchev–Trinajstić information content (AvgIpc) is 3.96. The first kappa shape index (κ1) is 28.7. The monoisotopic (exact) mass is 761 g/mol. The number of hydrogen-bond donors (Lipinski definition) is 0. The van der Waals surface area contributed by atoms with E-state index in [1.54, 1.807) is 6.07 Å². The molecule has 0 unspecified atom stereocenters. The third kappa shape index (κ3) is 5.08. The summed E-state index contributed by atoms with van der Waals surface area (Å²) in [6, 6.07) is 49.4. The quantitative estimate of drug-likeness (QED) is 0.175. The van der Waals surface area contributed by atoms with E-state index < -0.39 is 18.1 Å². The van der Waals surface area contributed by atoms with Gasteiger partial charge in [0, 0.05) is 49.3 Å². The zero-order valence-electron chi connectivity index (χ0n) is 37.1. The lowest BCUT2D eigenvalue weighted by molar-refractivity contribution is 0.660. The number of hydrogen-bond acceptors (Lipinski definition) is 4. The Morgan fingerprint density at radius 2 is 1.07 bits per heavy atom. The lowest BCUT2D eigenvalue weighted by atomic mass is 9.82. The molecular formula is C54H36N4O. The van der Waals surface area contributed by atoms with Gasteiger partial charge in [-0.3, -0.25) is 0 Å². The molecule has 5 heteroatoms. The summed E-state index contributed by atoms with van der Waals surface area (Å²) in [5.74, 6) is 1.39. The van der Waals surface area contributed by atoms with Crippen LogP contribution in [0.4, 0.5) is 0 Å². The lowest BCUT2D eigenvalue weighted by Crippen LogP contribution is -2.15. The van der Waals surface area contributed by atoms with Crippen molar-refractivity contribution in [2.24, 2.45) is 0 Å². The van der Waals surface area contributed by atoms with Gasteiger partial charge in [0.05, 0.1) is 23.5 Å². The van der Waals surface area contributed by atoms with E-state index in [1.807, 2.05) is 66.7 Å². The molecule has 0 radical (unpaired) electrons. The molecule has 12 rings (SSSR count). The highest BCUT2D eigenvalue weighted by molar-refractivity contribution is 6.15. The molecule has 0 N–H and O–H groups in total. The maximum Gasteiger partial charge on any atom is 0.167 e. The molecular weight excluding hydrogens is 721 g/mol. The number of fused-ring (bicyclic) bond motifs is 9. The van der Waals surface area contributed by atoms with Crippen LogP contribution in [0.2, 0.25) is 0 Å². The summed E-state index contributed by atoms with van der Waals surface area (Å²) in [5, 5.41) is 3.67. The van der Waals surface area contributed by atoms with Crippen molar-refractivity contribution in [1.82, 2.24) is 19.5 Å². The van der Waals surface area contributed by atoms with Crippen LogP contribution in [0.1, 0.15) is 31.8 Å². The van der Waals surface area contributed by atoms with Gasteiger partial charge < -0.3 is 8.98 Å². The Balaban J connectivity index is 1.17. The van der Waals surface area contributed by atoms with E-state index >= 15 is 0 Å². The second-order valence-electron chi connectivity index (χ2n) is 15.6. The normalized spacial score (nSPS) is 14.2. The number of aromatic nitrogens is 4. The zero-order chi connectivity index (χ0) is 43.6. The SMILES string of the molecule is [2H]c1c([2H])c([2H])c(-c2cccc3c2oc2c(-c4nc(-c5ccccc5)nc(-c5ccc6c(c5)C(C)(C)c5ccccc5-6)n4)cc(-n4c5ccccc5c5ccccc54)cc23)c([2H])c1[2H]. The van der Waals surface area contributed by atoms with E-state index in [1.165, 1.54) is 22.3 Å². The lowest BCUT2D eigenvalue weighted by Gasteiger charge is -2.21. The first-order valence-electron chi connectivity index (χ1n) is 22.2. The van der Waals surface area contributed by atoms with Gasteiger partial charge in [-0.25, -0.2) is 15.0 Å². The van der Waals surface area contributed by atoms with E-state index in [-0.39, 0.29) is 23.1 Å². The van der Waals surface area contributed by atoms with Crippen LogP contribution in [0.3, 0.4) is 0 Å². The van der Waals surface area contributed by atoms with Crippen LogP contribution < -0.4 is 0 Å². The maximum atomic E-state index is 8.92. The smallest absolute Gasteiger partial charge is 0.167 e. The van der Waals surface area contributed by atoms with Crippen molar-refractivity contribution in [3.63, 3.8) is 0 Å². The minimum atomic E-state index is -0.454. The van der Waals surface area contributed by atoms with Crippen molar-refractivity contribution >= 4 is 43.7 Å². The highest BCUT2D eigenvalue weighted by Crippen LogP contribution is 2.50. The Morgan fingerprint density at radius 1 is 0.458 bits per heavy atom. The van der Waals surface area contributed by atoms with Crippen LogP contribution in [0.5, 0.6) is 0 Å². The van der Waals surface area contributed by atoms with Crippen molar-refractivity contribution in [3.05, 3.63) is 193 Å². The standard InChI is InChI=1S/C54H36N4O/c1-54(2)45-25-12-9-20-38(45)39-29-28-35(30-46(39)54)52-55-51(34-18-7-4-8-19-34)56-53(57-52)44-32-36(58-47-26-13-10-21-40(47)41-22-11-14-27-48(41)58)31-43-42-24-15-23-37(49(42)59-50(43)44)33-16-5-3-6-17-33/h3-32H,1-2H3/i3D,5D,6D,16D,17D. The van der Waals surface area contributed by atoms with Gasteiger partial charge in [0.1, 0.15) is 11.2 Å². The van der Waals surface area contributed by atoms with Crippen LogP contribution in [-0.2, 0) is 5.41 Å². The summed E-state index contributed by atoms with van der Waals surface area (Å²) in [6.07, 6.45) is 0. The number of benzene rings is 8. The van der Waals surface area contributed by atoms with Crippen molar-refractivity contribution in [3.8, 4) is 62.1 Å². The largest absolute Gasteiger partial charge is 0.455 e. The Morgan fingerprint density at radius 3 is 1.85 bits per heavy atom. The van der Waals surface area contributed by atoms with Crippen LogP contribution in [0, 0.1) is 0 Å². The summed E-state index contributed by atoms with van der Waals surface area (Å²) in [5.41, 5.74) is 11.1. The first-order chi connectivity index (χ1) is 31.1. The molecule has 3 aromatic heterocycles. The summed E-state index contributed by atoms with van der Waals surface area (Å²) < 4.78 is 52.3. The second kappa shape index (κ2) is 12.7. The second-order valence-corrected chi connectivity index (χ2v) is 15.6. The van der Waals surface area contributed by atoms with Crippen molar-refractivity contribution < 1.29 is 11.3 Å². The number of rotatable bonds is 5. The molecule has 0 aliphatic heterocycles. The van der Waals surface area contributed by atoms with Crippen molar-refractivity contribution in [2.75, 3.05) is 0 Å². The Kier molecular flexibility index (Phi) is 6.18. The van der Waals surface area contributed by atoms with E-state index in [2.05, 4.69) is 97.3 Å².